The number of methoxy groups -OCH3 is 1. The lowest BCUT2D eigenvalue weighted by Crippen LogP contribution is -2.15. The molecular weight excluding hydrogens is 395 g/mol. The van der Waals surface area contributed by atoms with Crippen molar-refractivity contribution in [3.8, 4) is 11.8 Å². The van der Waals surface area contributed by atoms with Gasteiger partial charge in [0.25, 0.3) is 11.6 Å². The molecule has 27 heavy (non-hydrogen) atoms. The van der Waals surface area contributed by atoms with E-state index >= 15 is 0 Å². The van der Waals surface area contributed by atoms with Crippen molar-refractivity contribution in [2.24, 2.45) is 0 Å². The van der Waals surface area contributed by atoms with Crippen molar-refractivity contribution in [2.45, 2.75) is 0 Å². The van der Waals surface area contributed by atoms with Gasteiger partial charge in [0.2, 0.25) is 0 Å². The van der Waals surface area contributed by atoms with Crippen LogP contribution in [0.4, 0.5) is 17.1 Å². The second-order valence-electron chi connectivity index (χ2n) is 5.03. The number of halogens is 2. The van der Waals surface area contributed by atoms with E-state index in [0.29, 0.717) is 16.5 Å². The summed E-state index contributed by atoms with van der Waals surface area (Å²) in [6.45, 7) is 0. The lowest BCUT2D eigenvalue weighted by molar-refractivity contribution is -0.384. The molecule has 2 N–H and O–H groups in total. The summed E-state index contributed by atoms with van der Waals surface area (Å²) in [5, 5.41) is 25.7. The van der Waals surface area contributed by atoms with E-state index in [-0.39, 0.29) is 22.0 Å². The van der Waals surface area contributed by atoms with Gasteiger partial charge in [0, 0.05) is 23.4 Å². The molecule has 0 aliphatic rings. The number of ether oxygens (including phenoxy) is 1. The predicted octanol–water partition coefficient (Wildman–Crippen LogP) is 4.37. The van der Waals surface area contributed by atoms with Gasteiger partial charge in [0.05, 0.1) is 28.4 Å². The van der Waals surface area contributed by atoms with E-state index < -0.39 is 10.8 Å². The third kappa shape index (κ3) is 5.10. The van der Waals surface area contributed by atoms with E-state index in [1.807, 2.05) is 0 Å². The van der Waals surface area contributed by atoms with E-state index in [4.69, 9.17) is 27.9 Å². The molecule has 0 aliphatic carbocycles. The Labute approximate surface area is 164 Å². The van der Waals surface area contributed by atoms with Gasteiger partial charge in [0.15, 0.2) is 0 Å². The summed E-state index contributed by atoms with van der Waals surface area (Å²) in [5.74, 6) is -0.344. The third-order valence-electron chi connectivity index (χ3n) is 3.31. The fourth-order valence-corrected chi connectivity index (χ4v) is 2.34. The van der Waals surface area contributed by atoms with Crippen LogP contribution in [0.25, 0.3) is 0 Å². The number of non-ortho nitro benzene ring substituents is 1. The predicted molar refractivity (Wildman–Crippen MR) is 102 cm³/mol. The van der Waals surface area contributed by atoms with Crippen LogP contribution in [0.3, 0.4) is 0 Å². The average Bonchev–Trinajstić information content (AvgIpc) is 2.64. The molecule has 0 heterocycles. The minimum atomic E-state index is -0.798. The molecule has 2 aromatic carbocycles. The number of nitrogens with one attached hydrogen (secondary N) is 2. The topological polar surface area (TPSA) is 117 Å². The molecule has 2 rings (SSSR count). The standard InChI is InChI=1S/C17H12Cl2N4O4/c1-27-16-5-2-11(18)6-15(16)21-9-10(8-20)17(24)22-14-7-12(23(25)26)3-4-13(14)19/h2-7,9,21H,1H3,(H,22,24)/b10-9-. The molecule has 0 spiro atoms. The van der Waals surface area contributed by atoms with Gasteiger partial charge < -0.3 is 15.4 Å². The maximum absolute atomic E-state index is 12.3. The van der Waals surface area contributed by atoms with Crippen LogP contribution in [0.5, 0.6) is 5.75 Å². The second-order valence-corrected chi connectivity index (χ2v) is 5.88. The molecule has 0 unspecified atom stereocenters. The maximum atomic E-state index is 12.3. The molecule has 10 heteroatoms. The third-order valence-corrected chi connectivity index (χ3v) is 3.87. The summed E-state index contributed by atoms with van der Waals surface area (Å²) in [6, 6.07) is 10.1. The molecule has 0 fully saturated rings. The number of nitro groups is 1. The number of benzene rings is 2. The first kappa shape index (κ1) is 20.0. The molecule has 0 bridgehead atoms. The summed E-state index contributed by atoms with van der Waals surface area (Å²) in [7, 11) is 1.46. The van der Waals surface area contributed by atoms with E-state index in [2.05, 4.69) is 10.6 Å². The average molecular weight is 407 g/mol. The largest absolute Gasteiger partial charge is 0.495 e. The summed E-state index contributed by atoms with van der Waals surface area (Å²) in [4.78, 5) is 22.5. The van der Waals surface area contributed by atoms with Gasteiger partial charge in [-0.25, -0.2) is 0 Å². The van der Waals surface area contributed by atoms with E-state index in [1.165, 1.54) is 19.2 Å². The van der Waals surface area contributed by atoms with Crippen molar-refractivity contribution in [3.63, 3.8) is 0 Å². The van der Waals surface area contributed by atoms with Gasteiger partial charge in [0.1, 0.15) is 17.4 Å². The van der Waals surface area contributed by atoms with Crippen molar-refractivity contribution >= 4 is 46.2 Å². The number of nitrogens with zero attached hydrogens (tertiary/aromatic N) is 2. The molecule has 0 saturated carbocycles. The van der Waals surface area contributed by atoms with Crippen LogP contribution in [-0.2, 0) is 4.79 Å². The summed E-state index contributed by atoms with van der Waals surface area (Å²) >= 11 is 11.9. The Bertz CT molecular complexity index is 970. The summed E-state index contributed by atoms with van der Waals surface area (Å²) in [5.41, 5.74) is -0.0881. The van der Waals surface area contributed by atoms with Crippen LogP contribution in [0.1, 0.15) is 0 Å². The number of hydrogen-bond donors (Lipinski definition) is 2. The maximum Gasteiger partial charge on any atom is 0.271 e. The number of nitro benzene ring substituents is 1. The highest BCUT2D eigenvalue weighted by atomic mass is 35.5. The van der Waals surface area contributed by atoms with Crippen molar-refractivity contribution in [1.82, 2.24) is 0 Å². The number of hydrogen-bond acceptors (Lipinski definition) is 6. The fourth-order valence-electron chi connectivity index (χ4n) is 2.00. The van der Waals surface area contributed by atoms with Crippen LogP contribution in [-0.4, -0.2) is 17.9 Å². The van der Waals surface area contributed by atoms with Crippen molar-refractivity contribution < 1.29 is 14.5 Å². The molecule has 8 nitrogen and oxygen atoms in total. The Balaban J connectivity index is 2.23. The lowest BCUT2D eigenvalue weighted by atomic mass is 10.2. The normalized spacial score (nSPS) is 10.7. The fraction of sp³-hybridized carbons (Fsp3) is 0.0588. The number of amides is 1. The molecule has 0 atom stereocenters. The molecule has 0 saturated heterocycles. The van der Waals surface area contributed by atoms with Crippen LogP contribution in [0.2, 0.25) is 10.0 Å². The van der Waals surface area contributed by atoms with Gasteiger partial charge in [-0.05, 0) is 24.3 Å². The van der Waals surface area contributed by atoms with E-state index in [9.17, 15) is 20.2 Å². The van der Waals surface area contributed by atoms with Crippen LogP contribution in [0, 0.1) is 21.4 Å². The number of carbonyl (C=O) groups is 1. The molecular formula is C17H12Cl2N4O4. The number of nitriles is 1. The monoisotopic (exact) mass is 406 g/mol. The van der Waals surface area contributed by atoms with Crippen LogP contribution in [0.15, 0.2) is 48.2 Å². The van der Waals surface area contributed by atoms with Gasteiger partial charge in [-0.3, -0.25) is 14.9 Å². The zero-order valence-corrected chi connectivity index (χ0v) is 15.3. The molecule has 0 aliphatic heterocycles. The van der Waals surface area contributed by atoms with Crippen molar-refractivity contribution in [3.05, 3.63) is 68.3 Å². The van der Waals surface area contributed by atoms with Gasteiger partial charge in [-0.1, -0.05) is 23.2 Å². The van der Waals surface area contributed by atoms with E-state index in [1.54, 1.807) is 24.3 Å². The Morgan fingerprint density at radius 3 is 2.63 bits per heavy atom. The lowest BCUT2D eigenvalue weighted by Gasteiger charge is -2.09. The minimum absolute atomic E-state index is 0.0114. The first-order valence-electron chi connectivity index (χ1n) is 7.31. The van der Waals surface area contributed by atoms with Gasteiger partial charge in [-0.2, -0.15) is 5.26 Å². The quantitative estimate of drug-likeness (QED) is 0.318. The Hall–Kier alpha value is -3.28. The first-order valence-corrected chi connectivity index (χ1v) is 8.07. The SMILES string of the molecule is COc1ccc(Cl)cc1N/C=C(/C#N)C(=O)Nc1cc([N+](=O)[O-])ccc1Cl. The first-order chi connectivity index (χ1) is 12.8. The molecule has 0 radical (unpaired) electrons. The minimum Gasteiger partial charge on any atom is -0.495 e. The molecule has 0 aromatic heterocycles. The van der Waals surface area contributed by atoms with E-state index in [0.717, 1.165) is 12.3 Å². The van der Waals surface area contributed by atoms with Gasteiger partial charge >= 0.3 is 0 Å². The van der Waals surface area contributed by atoms with Crippen molar-refractivity contribution in [2.75, 3.05) is 17.7 Å². The zero-order valence-electron chi connectivity index (χ0n) is 13.8. The highest BCUT2D eigenvalue weighted by Gasteiger charge is 2.15. The number of rotatable bonds is 6. The Morgan fingerprint density at radius 1 is 1.26 bits per heavy atom. The Kier molecular flexibility index (Phi) is 6.60. The van der Waals surface area contributed by atoms with Gasteiger partial charge in [-0.15, -0.1) is 0 Å². The highest BCUT2D eigenvalue weighted by molar-refractivity contribution is 6.34. The Morgan fingerprint density at radius 2 is 2.00 bits per heavy atom. The number of anilines is 2. The summed E-state index contributed by atoms with van der Waals surface area (Å²) < 4.78 is 5.16. The zero-order chi connectivity index (χ0) is 20.0. The molecule has 138 valence electrons. The highest BCUT2D eigenvalue weighted by Crippen LogP contribution is 2.29. The molecule has 2 aromatic rings. The number of carbonyl (C=O) groups excluding carboxylic acids is 1. The van der Waals surface area contributed by atoms with Crippen LogP contribution < -0.4 is 15.4 Å². The molecule has 1 amide bonds. The smallest absolute Gasteiger partial charge is 0.271 e. The summed E-state index contributed by atoms with van der Waals surface area (Å²) in [6.07, 6.45) is 1.16. The van der Waals surface area contributed by atoms with Crippen LogP contribution >= 0.6 is 23.2 Å². The second kappa shape index (κ2) is 8.89. The van der Waals surface area contributed by atoms with Crippen molar-refractivity contribution in [1.29, 1.82) is 5.26 Å².